The summed E-state index contributed by atoms with van der Waals surface area (Å²) in [6, 6.07) is -0.359. The fraction of sp³-hybridized carbons (Fsp3) is 0.907. The summed E-state index contributed by atoms with van der Waals surface area (Å²) in [6.07, 6.45) is -13.9. The fourth-order valence-corrected chi connectivity index (χ4v) is 11.1. The predicted octanol–water partition coefficient (Wildman–Crippen LogP) is 5.88. The molecule has 4 N–H and O–H groups in total. The summed E-state index contributed by atoms with van der Waals surface area (Å²) >= 11 is 0. The van der Waals surface area contributed by atoms with Gasteiger partial charge in [0.15, 0.2) is 30.3 Å². The number of aliphatic hydroxyl groups is 2. The number of ether oxygens (including phenoxy) is 11. The zero-order chi connectivity index (χ0) is 55.7. The maximum atomic E-state index is 15.6. The van der Waals surface area contributed by atoms with Gasteiger partial charge in [-0.25, -0.2) is 4.79 Å². The third-order valence-corrected chi connectivity index (χ3v) is 15.2. The van der Waals surface area contributed by atoms with Gasteiger partial charge in [0.05, 0.1) is 54.7 Å². The van der Waals surface area contributed by atoms with E-state index in [9.17, 15) is 25.0 Å². The number of alkyl carbamates (subject to hydrolysis) is 1. The molecule has 1 amide bonds. The van der Waals surface area contributed by atoms with Crippen LogP contribution in [-0.2, 0) is 66.5 Å². The van der Waals surface area contributed by atoms with Crippen LogP contribution in [0.25, 0.3) is 0 Å². The predicted molar refractivity (Wildman–Crippen MR) is 277 cm³/mol. The summed E-state index contributed by atoms with van der Waals surface area (Å²) in [5.41, 5.74) is -1.89. The van der Waals surface area contributed by atoms with Gasteiger partial charge < -0.3 is 77.7 Å². The van der Waals surface area contributed by atoms with Gasteiger partial charge in [-0.05, 0) is 80.7 Å². The monoisotopic (exact) mass is 1080 g/mol. The molecule has 0 radical (unpaired) electrons. The minimum absolute atomic E-state index is 0. The topological polar surface area (TPSA) is 258 Å². The summed E-state index contributed by atoms with van der Waals surface area (Å²) in [5.74, 6) is -7.40. The highest BCUT2D eigenvalue weighted by Crippen LogP contribution is 2.40. The van der Waals surface area contributed by atoms with Crippen LogP contribution < -0.4 is 5.32 Å². The van der Waals surface area contributed by atoms with Gasteiger partial charge in [0, 0.05) is 69.9 Å². The van der Waals surface area contributed by atoms with Gasteiger partial charge in [-0.15, -0.1) is 0 Å². The normalized spacial score (nSPS) is 41.0. The third-order valence-electron chi connectivity index (χ3n) is 15.2. The fourth-order valence-electron chi connectivity index (χ4n) is 11.1. The number of oxime groups is 1. The highest BCUT2D eigenvalue weighted by molar-refractivity contribution is 5.91. The van der Waals surface area contributed by atoms with Crippen molar-refractivity contribution >= 4 is 29.5 Å². The second-order valence-corrected chi connectivity index (χ2v) is 22.8. The van der Waals surface area contributed by atoms with E-state index in [1.165, 1.54) is 21.1 Å². The largest absolute Gasteiger partial charge is 0.461 e. The lowest BCUT2D eigenvalue weighted by Crippen LogP contribution is -2.59. The Kier molecular flexibility index (Phi) is 25.8. The first kappa shape index (κ1) is 66.2. The molecular weight excluding hydrogens is 979 g/mol. The number of aliphatic hydroxyl groups excluding tert-OH is 2. The van der Waals surface area contributed by atoms with Gasteiger partial charge in [-0.2, -0.15) is 0 Å². The molecule has 4 saturated heterocycles. The molecule has 21 heteroatoms. The lowest BCUT2D eigenvalue weighted by atomic mass is 9.74. The van der Waals surface area contributed by atoms with Crippen molar-refractivity contribution in [3.63, 3.8) is 0 Å². The molecule has 0 aromatic rings. The van der Waals surface area contributed by atoms with Gasteiger partial charge >= 0.3 is 18.0 Å². The minimum atomic E-state index is -1.93. The van der Waals surface area contributed by atoms with E-state index in [-0.39, 0.29) is 63.1 Å². The number of ketones is 1. The number of rotatable bonds is 15. The number of likely N-dealkylation sites (N-methyl/N-ethyl adjacent to an activating group) is 1. The van der Waals surface area contributed by atoms with E-state index < -0.39 is 145 Å². The first-order chi connectivity index (χ1) is 34.6. The quantitative estimate of drug-likeness (QED) is 0.0646. The zero-order valence-electron chi connectivity index (χ0n) is 47.4. The van der Waals surface area contributed by atoms with Crippen LogP contribution in [0.15, 0.2) is 5.16 Å². The molecule has 0 aromatic carbocycles. The molecule has 4 fully saturated rings. The highest BCUT2D eigenvalue weighted by atomic mass is 16.7. The molecule has 0 spiro atoms. The lowest BCUT2D eigenvalue weighted by molar-refractivity contribution is -0.305. The molecule has 4 aliphatic rings. The van der Waals surface area contributed by atoms with Gasteiger partial charge in [0.1, 0.15) is 36.6 Å². The second-order valence-electron chi connectivity index (χ2n) is 22.8. The second kappa shape index (κ2) is 29.2. The SMILES string of the molecule is C.CO[C@@H]1[C@H](O)[C@@H](C)O[C@@H](OC[C@H](C)[C@H]2OC(=O)[C@H](C)[C@@H](O[C@H]3C[C@H](C)N(C)C[C@H](C)O3)[C@H](C)[C@@H](O[C@@H]3O[C@H](C)C/C(=N\O)[C@H]3O)[C@@H](C)C[C@](C)(OC(=O)NC(C)C)C(=O)[C@H](C)[C@H](OC(=O)CC(C)C)[C@H]2C)[C@@H]1OC. The van der Waals surface area contributed by atoms with Crippen LogP contribution >= 0.6 is 0 Å². The molecule has 22 atom stereocenters. The molecule has 4 aliphatic heterocycles. The molecule has 0 saturated carbocycles. The van der Waals surface area contributed by atoms with Crippen molar-refractivity contribution in [2.45, 2.75) is 241 Å². The van der Waals surface area contributed by atoms with Crippen molar-refractivity contribution < 1.29 is 86.7 Å². The van der Waals surface area contributed by atoms with Crippen LogP contribution in [0, 0.1) is 41.4 Å². The van der Waals surface area contributed by atoms with E-state index >= 15 is 9.59 Å². The van der Waals surface area contributed by atoms with Crippen molar-refractivity contribution in [2.75, 3.05) is 34.4 Å². The Hall–Kier alpha value is -3.09. The summed E-state index contributed by atoms with van der Waals surface area (Å²) in [6.45, 7) is 27.1. The van der Waals surface area contributed by atoms with Crippen LogP contribution in [0.4, 0.5) is 4.79 Å². The van der Waals surface area contributed by atoms with E-state index in [2.05, 4.69) is 22.3 Å². The number of nitrogens with zero attached hydrogens (tertiary/aromatic N) is 2. The van der Waals surface area contributed by atoms with Gasteiger partial charge in [-0.3, -0.25) is 14.4 Å². The van der Waals surface area contributed by atoms with Crippen LogP contribution in [0.2, 0.25) is 0 Å². The number of hydrogen-bond acceptors (Lipinski definition) is 20. The molecule has 21 nitrogen and oxygen atoms in total. The van der Waals surface area contributed by atoms with Crippen molar-refractivity contribution in [1.82, 2.24) is 10.2 Å². The number of hydrogen-bond donors (Lipinski definition) is 4. The molecule has 4 rings (SSSR count). The number of cyclic esters (lactones) is 1. The first-order valence-corrected chi connectivity index (χ1v) is 26.7. The molecule has 75 heavy (non-hydrogen) atoms. The average Bonchev–Trinajstić information content (AvgIpc) is 3.43. The van der Waals surface area contributed by atoms with Gasteiger partial charge in [0.2, 0.25) is 0 Å². The molecule has 0 aromatic heterocycles. The lowest BCUT2D eigenvalue weighted by Gasteiger charge is -2.45. The van der Waals surface area contributed by atoms with Crippen molar-refractivity contribution in [2.24, 2.45) is 46.6 Å². The van der Waals surface area contributed by atoms with Crippen LogP contribution in [0.1, 0.15) is 137 Å². The molecule has 4 heterocycles. The Morgan fingerprint density at radius 3 is 2.05 bits per heavy atom. The van der Waals surface area contributed by atoms with E-state index in [4.69, 9.17) is 52.1 Å². The van der Waals surface area contributed by atoms with Crippen molar-refractivity contribution in [3.8, 4) is 0 Å². The van der Waals surface area contributed by atoms with E-state index in [0.29, 0.717) is 13.0 Å². The Balaban J connectivity index is 0.0000148. The van der Waals surface area contributed by atoms with E-state index in [1.807, 2.05) is 34.7 Å². The maximum Gasteiger partial charge on any atom is 0.408 e. The third kappa shape index (κ3) is 17.2. The Labute approximate surface area is 447 Å². The summed E-state index contributed by atoms with van der Waals surface area (Å²) in [4.78, 5) is 60.7. The minimum Gasteiger partial charge on any atom is -0.461 e. The number of carbonyl (C=O) groups excluding carboxylic acids is 4. The number of amides is 1. The molecular formula is C54H97N3O18. The Morgan fingerprint density at radius 1 is 0.827 bits per heavy atom. The Morgan fingerprint density at radius 2 is 1.47 bits per heavy atom. The van der Waals surface area contributed by atoms with Crippen LogP contribution in [0.3, 0.4) is 0 Å². The standard InChI is InChI=1S/C53H93N3O18.CH4/c1-25(2)19-38(57)70-44-33(11)43(28(6)24-66-51-47(65-18)46(64-17)40(58)36(14)69-51)72-49(61)35(13)45(71-39-20-29(7)56(16)23-31(9)67-39)32(10)42(73-50-41(59)37(55-63)21-30(8)68-50)27(5)22-53(15,48(60)34(44)12)74-52(62)54-26(3)4;/h25-36,39-47,50-51,58-59,63H,19-24H2,1-18H3,(H,54,62);1H4/b55-37+;/t27-,28-,29-,30+,31-,32+,33-,34+,35+,36+,39-,40+,41+,42-,43+,44+,45-,46+,47+,50-,51+,53-;/m0./s1. The van der Waals surface area contributed by atoms with Gasteiger partial charge in [0.25, 0.3) is 0 Å². The van der Waals surface area contributed by atoms with Crippen molar-refractivity contribution in [1.29, 1.82) is 0 Å². The number of esters is 2. The van der Waals surface area contributed by atoms with Gasteiger partial charge in [-0.1, -0.05) is 61.0 Å². The summed E-state index contributed by atoms with van der Waals surface area (Å²) in [5, 5.41) is 38.4. The highest BCUT2D eigenvalue weighted by Gasteiger charge is 2.53. The number of Topliss-reactive ketones (excluding diaryl/α,β-unsaturated/α-hetero) is 1. The molecule has 0 bridgehead atoms. The number of carbonyl (C=O) groups is 4. The van der Waals surface area contributed by atoms with Crippen LogP contribution in [-0.4, -0.2) is 188 Å². The molecule has 436 valence electrons. The van der Waals surface area contributed by atoms with E-state index in [1.54, 1.807) is 62.3 Å². The molecule has 0 unspecified atom stereocenters. The van der Waals surface area contributed by atoms with Crippen molar-refractivity contribution in [3.05, 3.63) is 0 Å². The summed E-state index contributed by atoms with van der Waals surface area (Å²) < 4.78 is 69.6. The number of nitrogens with one attached hydrogen (secondary N) is 1. The molecule has 0 aliphatic carbocycles. The van der Waals surface area contributed by atoms with E-state index in [0.717, 1.165) is 0 Å². The average molecular weight is 1080 g/mol. The zero-order valence-corrected chi connectivity index (χ0v) is 47.4. The van der Waals surface area contributed by atoms with Crippen LogP contribution in [0.5, 0.6) is 0 Å². The smallest absolute Gasteiger partial charge is 0.408 e. The first-order valence-electron chi connectivity index (χ1n) is 26.7. The number of methoxy groups -OCH3 is 2. The summed E-state index contributed by atoms with van der Waals surface area (Å²) in [7, 11) is 4.90. The maximum absolute atomic E-state index is 15.6. The Bertz CT molecular complexity index is 1840.